The number of hydrogen-bond acceptors (Lipinski definition) is 3. The largest absolute Gasteiger partial charge is 0.338 e. The van der Waals surface area contributed by atoms with Crippen LogP contribution in [0.4, 0.5) is 4.39 Å². The maximum atomic E-state index is 13.3. The minimum atomic E-state index is -0.523. The molecule has 1 fully saturated rings. The van der Waals surface area contributed by atoms with Gasteiger partial charge in [0.25, 0.3) is 5.91 Å². The first-order valence-electron chi connectivity index (χ1n) is 8.06. The fourth-order valence-electron chi connectivity index (χ4n) is 3.37. The van der Waals surface area contributed by atoms with Crippen molar-refractivity contribution in [1.29, 1.82) is 0 Å². The molecule has 1 aromatic carbocycles. The molecule has 1 aliphatic heterocycles. The molecule has 7 heteroatoms. The lowest BCUT2D eigenvalue weighted by Gasteiger charge is -2.17. The Labute approximate surface area is 149 Å². The summed E-state index contributed by atoms with van der Waals surface area (Å²) in [6, 6.07) is 7.87. The van der Waals surface area contributed by atoms with Gasteiger partial charge in [0, 0.05) is 37.8 Å². The van der Waals surface area contributed by atoms with Crippen LogP contribution < -0.4 is 0 Å². The van der Waals surface area contributed by atoms with Crippen LogP contribution in [-0.2, 0) is 7.05 Å². The Bertz CT molecular complexity index is 971. The summed E-state index contributed by atoms with van der Waals surface area (Å²) in [4.78, 5) is 23.5. The molecule has 4 rings (SSSR count). The number of halogens is 2. The van der Waals surface area contributed by atoms with Gasteiger partial charge in [0.2, 0.25) is 0 Å². The highest BCUT2D eigenvalue weighted by molar-refractivity contribution is 6.31. The third-order valence-corrected chi connectivity index (χ3v) is 4.96. The summed E-state index contributed by atoms with van der Waals surface area (Å²) < 4.78 is 15.3. The zero-order chi connectivity index (χ0) is 17.6. The Hall–Kier alpha value is -2.47. The summed E-state index contributed by atoms with van der Waals surface area (Å²) in [5.74, 6) is 0.422. The standard InChI is InChI=1S/C18H16ClFN4O/c1-23-16(22-15-3-2-7-21-17(15)23)12-6-8-24(10-12)18(25)11-4-5-14(20)13(19)9-11/h2-5,7,9,12H,6,8,10H2,1H3/t12-/m1/s1. The number of aromatic nitrogens is 3. The van der Waals surface area contributed by atoms with Gasteiger partial charge in [0.15, 0.2) is 5.65 Å². The molecule has 3 aromatic rings. The topological polar surface area (TPSA) is 51.0 Å². The predicted molar refractivity (Wildman–Crippen MR) is 93.2 cm³/mol. The number of imidazole rings is 1. The van der Waals surface area contributed by atoms with Gasteiger partial charge in [-0.3, -0.25) is 4.79 Å². The molecule has 0 bridgehead atoms. The van der Waals surface area contributed by atoms with Gasteiger partial charge in [-0.15, -0.1) is 0 Å². The molecule has 1 saturated heterocycles. The summed E-state index contributed by atoms with van der Waals surface area (Å²) in [7, 11) is 1.95. The molecule has 1 atom stereocenters. The number of fused-ring (bicyclic) bond motifs is 1. The number of hydrogen-bond donors (Lipinski definition) is 0. The number of nitrogens with zero attached hydrogens (tertiary/aromatic N) is 4. The molecule has 0 aliphatic carbocycles. The number of amides is 1. The van der Waals surface area contributed by atoms with E-state index in [1.807, 2.05) is 23.7 Å². The number of carbonyl (C=O) groups is 1. The van der Waals surface area contributed by atoms with Crippen molar-refractivity contribution in [3.63, 3.8) is 0 Å². The molecule has 0 N–H and O–H groups in total. The van der Waals surface area contributed by atoms with Gasteiger partial charge in [-0.05, 0) is 36.8 Å². The predicted octanol–water partition coefficient (Wildman–Crippen LogP) is 3.39. The number of benzene rings is 1. The maximum Gasteiger partial charge on any atom is 0.253 e. The van der Waals surface area contributed by atoms with Crippen molar-refractivity contribution >= 4 is 28.7 Å². The van der Waals surface area contributed by atoms with E-state index >= 15 is 0 Å². The Morgan fingerprint density at radius 2 is 2.20 bits per heavy atom. The summed E-state index contributed by atoms with van der Waals surface area (Å²) in [5, 5.41) is -0.0389. The number of likely N-dealkylation sites (tertiary alicyclic amines) is 1. The van der Waals surface area contributed by atoms with Gasteiger partial charge >= 0.3 is 0 Å². The molecule has 0 radical (unpaired) electrons. The van der Waals surface area contributed by atoms with Gasteiger partial charge in [-0.2, -0.15) is 0 Å². The molecule has 1 aliphatic rings. The van der Waals surface area contributed by atoms with E-state index in [0.717, 1.165) is 23.4 Å². The first-order valence-corrected chi connectivity index (χ1v) is 8.44. The maximum absolute atomic E-state index is 13.3. The van der Waals surface area contributed by atoms with E-state index in [0.29, 0.717) is 18.7 Å². The lowest BCUT2D eigenvalue weighted by Crippen LogP contribution is -2.28. The van der Waals surface area contributed by atoms with E-state index in [1.54, 1.807) is 11.1 Å². The smallest absolute Gasteiger partial charge is 0.253 e. The van der Waals surface area contributed by atoms with Gasteiger partial charge in [-0.1, -0.05) is 11.6 Å². The van der Waals surface area contributed by atoms with E-state index in [1.165, 1.54) is 18.2 Å². The van der Waals surface area contributed by atoms with Crippen LogP contribution in [0.5, 0.6) is 0 Å². The van der Waals surface area contributed by atoms with E-state index in [9.17, 15) is 9.18 Å². The molecule has 0 unspecified atom stereocenters. The van der Waals surface area contributed by atoms with Crippen molar-refractivity contribution < 1.29 is 9.18 Å². The lowest BCUT2D eigenvalue weighted by atomic mass is 10.1. The summed E-state index contributed by atoms with van der Waals surface area (Å²) >= 11 is 5.79. The van der Waals surface area contributed by atoms with Crippen molar-refractivity contribution in [1.82, 2.24) is 19.4 Å². The highest BCUT2D eigenvalue weighted by Crippen LogP contribution is 2.29. The third kappa shape index (κ3) is 2.76. The minimum Gasteiger partial charge on any atom is -0.338 e. The normalized spacial score (nSPS) is 17.4. The average molecular weight is 359 g/mol. The Morgan fingerprint density at radius 3 is 2.96 bits per heavy atom. The molecular weight excluding hydrogens is 343 g/mol. The number of rotatable bonds is 2. The van der Waals surface area contributed by atoms with Crippen LogP contribution in [0, 0.1) is 5.82 Å². The minimum absolute atomic E-state index is 0.0389. The molecule has 5 nitrogen and oxygen atoms in total. The van der Waals surface area contributed by atoms with Crippen molar-refractivity contribution in [2.75, 3.05) is 13.1 Å². The van der Waals surface area contributed by atoms with Crippen LogP contribution in [0.1, 0.15) is 28.5 Å². The second kappa shape index (κ2) is 6.11. The third-order valence-electron chi connectivity index (χ3n) is 4.67. The molecule has 128 valence electrons. The fraction of sp³-hybridized carbons (Fsp3) is 0.278. The van der Waals surface area contributed by atoms with Crippen LogP contribution in [0.15, 0.2) is 36.5 Å². The van der Waals surface area contributed by atoms with E-state index in [4.69, 9.17) is 11.6 Å². The molecule has 1 amide bonds. The molecule has 2 aromatic heterocycles. The average Bonchev–Trinajstić information content (AvgIpc) is 3.22. The number of carbonyl (C=O) groups excluding carboxylic acids is 1. The van der Waals surface area contributed by atoms with Crippen LogP contribution in [0.3, 0.4) is 0 Å². The van der Waals surface area contributed by atoms with Crippen LogP contribution in [-0.4, -0.2) is 38.4 Å². The van der Waals surface area contributed by atoms with Crippen molar-refractivity contribution in [3.8, 4) is 0 Å². The molecule has 0 spiro atoms. The second-order valence-electron chi connectivity index (χ2n) is 6.24. The number of aryl methyl sites for hydroxylation is 1. The Morgan fingerprint density at radius 1 is 1.36 bits per heavy atom. The van der Waals surface area contributed by atoms with Gasteiger partial charge in [0.05, 0.1) is 5.02 Å². The molecule has 0 saturated carbocycles. The summed E-state index contributed by atoms with van der Waals surface area (Å²) in [6.45, 7) is 1.21. The summed E-state index contributed by atoms with van der Waals surface area (Å²) in [6.07, 6.45) is 2.58. The highest BCUT2D eigenvalue weighted by Gasteiger charge is 2.31. The van der Waals surface area contributed by atoms with Crippen molar-refractivity contribution in [3.05, 3.63) is 58.8 Å². The Kier molecular flexibility index (Phi) is 3.92. The van der Waals surface area contributed by atoms with Crippen molar-refractivity contribution in [2.24, 2.45) is 7.05 Å². The highest BCUT2D eigenvalue weighted by atomic mass is 35.5. The van der Waals surface area contributed by atoms with Crippen LogP contribution in [0.25, 0.3) is 11.2 Å². The summed E-state index contributed by atoms with van der Waals surface area (Å²) in [5.41, 5.74) is 2.10. The van der Waals surface area contributed by atoms with Gasteiger partial charge in [0.1, 0.15) is 17.2 Å². The molecule has 25 heavy (non-hydrogen) atoms. The van der Waals surface area contributed by atoms with Crippen molar-refractivity contribution in [2.45, 2.75) is 12.3 Å². The first-order chi connectivity index (χ1) is 12.0. The van der Waals surface area contributed by atoms with Crippen LogP contribution >= 0.6 is 11.6 Å². The van der Waals surface area contributed by atoms with Gasteiger partial charge in [-0.25, -0.2) is 14.4 Å². The monoisotopic (exact) mass is 358 g/mol. The quantitative estimate of drug-likeness (QED) is 0.705. The van der Waals surface area contributed by atoms with E-state index < -0.39 is 5.82 Å². The van der Waals surface area contributed by atoms with E-state index in [-0.39, 0.29) is 16.8 Å². The fourth-order valence-corrected chi connectivity index (χ4v) is 3.55. The van der Waals surface area contributed by atoms with Crippen LogP contribution in [0.2, 0.25) is 5.02 Å². The van der Waals surface area contributed by atoms with E-state index in [2.05, 4.69) is 9.97 Å². The second-order valence-corrected chi connectivity index (χ2v) is 6.65. The van der Waals surface area contributed by atoms with Gasteiger partial charge < -0.3 is 9.47 Å². The molecule has 3 heterocycles. The zero-order valence-corrected chi connectivity index (χ0v) is 14.4. The Balaban J connectivity index is 1.57. The molecular formula is C18H16ClFN4O. The SMILES string of the molecule is Cn1c([C@@H]2CCN(C(=O)c3ccc(F)c(Cl)c3)C2)nc2cccnc21. The zero-order valence-electron chi connectivity index (χ0n) is 13.6. The number of pyridine rings is 1. The lowest BCUT2D eigenvalue weighted by molar-refractivity contribution is 0.0790. The first kappa shape index (κ1) is 16.0.